The Morgan fingerprint density at radius 2 is 1.97 bits per heavy atom. The number of ether oxygens (including phenoxy) is 2. The van der Waals surface area contributed by atoms with Crippen molar-refractivity contribution in [1.82, 2.24) is 4.98 Å². The molecule has 3 N–H and O–H groups in total. The van der Waals surface area contributed by atoms with Crippen LogP contribution in [0.1, 0.15) is 37.2 Å². The maximum atomic E-state index is 14.4. The largest absolute Gasteiger partial charge is 0.493 e. The molecule has 0 saturated carbocycles. The molecule has 7 nitrogen and oxygen atoms in total. The standard InChI is InChI=1S/C21H20F5N3O4/c1-9-14(11-4-5-12(22)15(23)16(11)32-3)17(33-20(9,2)21(24,25)26)19(31)29-10-6-7-28-13(8-10)18(27)30/h4-9,14,17H,1-3H3,(H2,27,30)(H,28,29,31)/t9-,14+,17+,20+/m0/s1/i7D. The number of rotatable bonds is 5. The highest BCUT2D eigenvalue weighted by atomic mass is 19.4. The smallest absolute Gasteiger partial charge is 0.417 e. The van der Waals surface area contributed by atoms with Gasteiger partial charge in [0.05, 0.1) is 8.48 Å². The zero-order valence-corrected chi connectivity index (χ0v) is 17.6. The van der Waals surface area contributed by atoms with Gasteiger partial charge in [-0.05, 0) is 25.1 Å². The molecule has 0 spiro atoms. The summed E-state index contributed by atoms with van der Waals surface area (Å²) < 4.78 is 87.8. The molecule has 1 aromatic carbocycles. The van der Waals surface area contributed by atoms with Crippen molar-refractivity contribution in [3.05, 3.63) is 53.3 Å². The van der Waals surface area contributed by atoms with Crippen molar-refractivity contribution in [2.75, 3.05) is 12.4 Å². The highest BCUT2D eigenvalue weighted by Gasteiger charge is 2.65. The first-order valence-electron chi connectivity index (χ1n) is 10.1. The minimum atomic E-state index is -4.92. The molecule has 2 heterocycles. The van der Waals surface area contributed by atoms with Crippen LogP contribution in [0.2, 0.25) is 0 Å². The topological polar surface area (TPSA) is 104 Å². The molecule has 0 radical (unpaired) electrons. The molecule has 0 aliphatic carbocycles. The Morgan fingerprint density at radius 1 is 1.30 bits per heavy atom. The quantitative estimate of drug-likeness (QED) is 0.646. The van der Waals surface area contributed by atoms with Crippen molar-refractivity contribution in [2.45, 2.75) is 37.6 Å². The summed E-state index contributed by atoms with van der Waals surface area (Å²) in [5.41, 5.74) is 1.60. The fraction of sp³-hybridized carbons (Fsp3) is 0.381. The van der Waals surface area contributed by atoms with Crippen LogP contribution in [-0.2, 0) is 9.53 Å². The predicted octanol–water partition coefficient (Wildman–Crippen LogP) is 3.55. The number of nitrogens with one attached hydrogen (secondary N) is 1. The molecule has 3 rings (SSSR count). The molecular formula is C21H20F5N3O4. The van der Waals surface area contributed by atoms with Crippen molar-refractivity contribution < 1.29 is 42.4 Å². The summed E-state index contributed by atoms with van der Waals surface area (Å²) in [6, 6.07) is 3.82. The van der Waals surface area contributed by atoms with Gasteiger partial charge in [-0.25, -0.2) is 4.39 Å². The summed E-state index contributed by atoms with van der Waals surface area (Å²) in [6.45, 7) is 1.93. The van der Waals surface area contributed by atoms with Gasteiger partial charge in [0.1, 0.15) is 11.8 Å². The first-order chi connectivity index (χ1) is 15.7. The van der Waals surface area contributed by atoms with Gasteiger partial charge in [-0.15, -0.1) is 0 Å². The SMILES string of the molecule is [2H]c1cc(NC(=O)[C@@H]2O[C@@](C)(C(F)(F)F)[C@@H](C)[C@@H]2c2ccc(F)c(F)c2OC)cc(C(N)=O)n1. The first-order valence-corrected chi connectivity index (χ1v) is 9.57. The van der Waals surface area contributed by atoms with E-state index in [1.807, 2.05) is 0 Å². The normalized spacial score (nSPS) is 25.5. The number of aromatic nitrogens is 1. The van der Waals surface area contributed by atoms with Crippen LogP contribution in [0.4, 0.5) is 27.6 Å². The van der Waals surface area contributed by atoms with Gasteiger partial charge in [0.25, 0.3) is 11.8 Å². The van der Waals surface area contributed by atoms with Crippen LogP contribution < -0.4 is 15.8 Å². The third-order valence-corrected chi connectivity index (χ3v) is 5.79. The molecule has 33 heavy (non-hydrogen) atoms. The van der Waals surface area contributed by atoms with Crippen LogP contribution in [0.5, 0.6) is 5.75 Å². The van der Waals surface area contributed by atoms with Crippen LogP contribution >= 0.6 is 0 Å². The van der Waals surface area contributed by atoms with Gasteiger partial charge >= 0.3 is 6.18 Å². The molecule has 4 atom stereocenters. The number of halogens is 5. The number of benzene rings is 1. The van der Waals surface area contributed by atoms with E-state index in [1.165, 1.54) is 6.92 Å². The third kappa shape index (κ3) is 4.22. The van der Waals surface area contributed by atoms with Gasteiger partial charge in [0, 0.05) is 29.3 Å². The Hall–Kier alpha value is -3.28. The van der Waals surface area contributed by atoms with Crippen molar-refractivity contribution in [3.63, 3.8) is 0 Å². The van der Waals surface area contributed by atoms with Gasteiger partial charge in [-0.2, -0.15) is 17.6 Å². The molecule has 1 aliphatic heterocycles. The Balaban J connectivity index is 2.09. The average Bonchev–Trinajstić information content (AvgIpc) is 3.01. The third-order valence-electron chi connectivity index (χ3n) is 5.79. The predicted molar refractivity (Wildman–Crippen MR) is 106 cm³/mol. The molecular weight excluding hydrogens is 453 g/mol. The highest BCUT2D eigenvalue weighted by molar-refractivity contribution is 5.97. The molecule has 2 aromatic rings. The average molecular weight is 474 g/mol. The minimum absolute atomic E-state index is 0.147. The van der Waals surface area contributed by atoms with E-state index < -0.39 is 65.1 Å². The number of alkyl halides is 3. The number of carbonyl (C=O) groups is 2. The number of amides is 2. The monoisotopic (exact) mass is 474 g/mol. The second kappa shape index (κ2) is 8.58. The lowest BCUT2D eigenvalue weighted by molar-refractivity contribution is -0.272. The van der Waals surface area contributed by atoms with Crippen LogP contribution in [0.3, 0.4) is 0 Å². The fourth-order valence-electron chi connectivity index (χ4n) is 3.84. The molecule has 1 aromatic heterocycles. The minimum Gasteiger partial charge on any atom is -0.493 e. The first kappa shape index (κ1) is 22.9. The molecule has 178 valence electrons. The summed E-state index contributed by atoms with van der Waals surface area (Å²) in [4.78, 5) is 28.1. The van der Waals surface area contributed by atoms with Gasteiger partial charge in [0.2, 0.25) is 5.82 Å². The van der Waals surface area contributed by atoms with E-state index in [0.29, 0.717) is 6.07 Å². The lowest BCUT2D eigenvalue weighted by Gasteiger charge is -2.32. The lowest BCUT2D eigenvalue weighted by atomic mass is 9.77. The van der Waals surface area contributed by atoms with Gasteiger partial charge in [-0.1, -0.05) is 13.0 Å². The van der Waals surface area contributed by atoms with Crippen LogP contribution in [-0.4, -0.2) is 41.8 Å². The van der Waals surface area contributed by atoms with E-state index in [-0.39, 0.29) is 16.9 Å². The van der Waals surface area contributed by atoms with Gasteiger partial charge in [0.15, 0.2) is 17.2 Å². The zero-order chi connectivity index (χ0) is 25.6. The van der Waals surface area contributed by atoms with Crippen molar-refractivity contribution in [1.29, 1.82) is 0 Å². The maximum absolute atomic E-state index is 14.4. The number of hydrogen-bond acceptors (Lipinski definition) is 5. The number of anilines is 1. The molecule has 1 fully saturated rings. The number of carbonyl (C=O) groups excluding carboxylic acids is 2. The van der Waals surface area contributed by atoms with E-state index >= 15 is 0 Å². The molecule has 12 heteroatoms. The van der Waals surface area contributed by atoms with Gasteiger partial charge < -0.3 is 20.5 Å². The maximum Gasteiger partial charge on any atom is 0.417 e. The van der Waals surface area contributed by atoms with Gasteiger partial charge in [-0.3, -0.25) is 14.6 Å². The Morgan fingerprint density at radius 3 is 2.55 bits per heavy atom. The Labute approximate surface area is 186 Å². The van der Waals surface area contributed by atoms with Crippen molar-refractivity contribution in [3.8, 4) is 5.75 Å². The van der Waals surface area contributed by atoms with Crippen LogP contribution in [0.25, 0.3) is 0 Å². The lowest BCUT2D eigenvalue weighted by Crippen LogP contribution is -2.47. The summed E-state index contributed by atoms with van der Waals surface area (Å²) in [5.74, 6) is -8.30. The van der Waals surface area contributed by atoms with Crippen molar-refractivity contribution in [2.24, 2.45) is 11.7 Å². The van der Waals surface area contributed by atoms with Crippen molar-refractivity contribution >= 4 is 17.5 Å². The molecule has 0 bridgehead atoms. The van der Waals surface area contributed by atoms with E-state index in [9.17, 15) is 31.5 Å². The fourth-order valence-corrected chi connectivity index (χ4v) is 3.84. The summed E-state index contributed by atoms with van der Waals surface area (Å²) in [5, 5.41) is 2.29. The van der Waals surface area contributed by atoms with Crippen LogP contribution in [0.15, 0.2) is 30.4 Å². The molecule has 1 saturated heterocycles. The van der Waals surface area contributed by atoms with E-state index in [4.69, 9.17) is 16.6 Å². The summed E-state index contributed by atoms with van der Waals surface area (Å²) in [7, 11) is 1.01. The number of pyridine rings is 1. The highest BCUT2D eigenvalue weighted by Crippen LogP contribution is 2.55. The second-order valence-electron chi connectivity index (χ2n) is 7.67. The molecule has 2 amide bonds. The second-order valence-corrected chi connectivity index (χ2v) is 7.67. The molecule has 1 aliphatic rings. The number of nitrogens with two attached hydrogens (primary N) is 1. The molecule has 0 unspecified atom stereocenters. The van der Waals surface area contributed by atoms with E-state index in [1.54, 1.807) is 0 Å². The van der Waals surface area contributed by atoms with Crippen LogP contribution in [0, 0.1) is 17.6 Å². The summed E-state index contributed by atoms with van der Waals surface area (Å²) in [6.07, 6.45) is -7.19. The van der Waals surface area contributed by atoms with E-state index in [2.05, 4.69) is 10.3 Å². The Kier molecular flexibility index (Phi) is 5.95. The summed E-state index contributed by atoms with van der Waals surface area (Å²) >= 11 is 0. The van der Waals surface area contributed by atoms with E-state index in [0.717, 1.165) is 32.2 Å². The number of methoxy groups -OCH3 is 1. The number of nitrogens with zero attached hydrogens (tertiary/aromatic N) is 1. The Bertz CT molecular complexity index is 1150. The zero-order valence-electron chi connectivity index (χ0n) is 18.6. The number of hydrogen-bond donors (Lipinski definition) is 2. The number of primary amides is 1.